The first-order valence-electron chi connectivity index (χ1n) is 6.10. The van der Waals surface area contributed by atoms with Crippen molar-refractivity contribution in [3.63, 3.8) is 0 Å². The van der Waals surface area contributed by atoms with Gasteiger partial charge in [-0.1, -0.05) is 11.6 Å². The zero-order valence-corrected chi connectivity index (χ0v) is 12.7. The highest BCUT2D eigenvalue weighted by Crippen LogP contribution is 2.64. The third kappa shape index (κ3) is 1.90. The first kappa shape index (κ1) is 15.9. The number of nitrogens with zero attached hydrogens (tertiary/aromatic N) is 4. The molecule has 1 heterocycles. The van der Waals surface area contributed by atoms with Crippen LogP contribution in [-0.4, -0.2) is 47.1 Å². The standard InChI is InChI=1S/C11H15ClF3N5O/c1-9(5-10(13,14)11(9,12)15)6-7(21)20(16-2)8(18-17-6)19(3)4/h16H,5H2,1-4H3. The summed E-state index contributed by atoms with van der Waals surface area (Å²) in [6.07, 6.45) is -0.908. The molecule has 118 valence electrons. The minimum absolute atomic E-state index is 0.153. The highest BCUT2D eigenvalue weighted by atomic mass is 35.5. The predicted octanol–water partition coefficient (Wildman–Crippen LogP) is 1.08. The molecule has 2 atom stereocenters. The van der Waals surface area contributed by atoms with Gasteiger partial charge in [-0.05, 0) is 6.92 Å². The van der Waals surface area contributed by atoms with E-state index in [-0.39, 0.29) is 5.95 Å². The van der Waals surface area contributed by atoms with E-state index in [1.54, 1.807) is 14.1 Å². The van der Waals surface area contributed by atoms with Crippen LogP contribution in [0.3, 0.4) is 0 Å². The van der Waals surface area contributed by atoms with Gasteiger partial charge in [0, 0.05) is 27.6 Å². The first-order chi connectivity index (χ1) is 9.49. The van der Waals surface area contributed by atoms with Crippen molar-refractivity contribution in [2.45, 2.75) is 29.8 Å². The van der Waals surface area contributed by atoms with Crippen LogP contribution in [0, 0.1) is 0 Å². The largest absolute Gasteiger partial charge is 0.346 e. The van der Waals surface area contributed by atoms with Gasteiger partial charge in [-0.3, -0.25) is 4.79 Å². The fourth-order valence-electron chi connectivity index (χ4n) is 2.41. The van der Waals surface area contributed by atoms with E-state index in [4.69, 9.17) is 11.6 Å². The Morgan fingerprint density at radius 2 is 1.90 bits per heavy atom. The van der Waals surface area contributed by atoms with Crippen LogP contribution in [0.1, 0.15) is 19.0 Å². The van der Waals surface area contributed by atoms with E-state index in [1.807, 2.05) is 0 Å². The Morgan fingerprint density at radius 3 is 2.29 bits per heavy atom. The molecule has 1 saturated carbocycles. The maximum absolute atomic E-state index is 14.2. The summed E-state index contributed by atoms with van der Waals surface area (Å²) in [5.41, 5.74) is -0.556. The molecular weight excluding hydrogens is 311 g/mol. The number of hydrogen-bond acceptors (Lipinski definition) is 5. The molecule has 2 rings (SSSR count). The van der Waals surface area contributed by atoms with E-state index in [2.05, 4.69) is 15.6 Å². The van der Waals surface area contributed by atoms with E-state index in [0.29, 0.717) is 0 Å². The molecule has 1 fully saturated rings. The normalized spacial score (nSPS) is 30.7. The number of halogens is 4. The Morgan fingerprint density at radius 1 is 1.33 bits per heavy atom. The molecule has 2 unspecified atom stereocenters. The number of hydrogen-bond donors (Lipinski definition) is 1. The summed E-state index contributed by atoms with van der Waals surface area (Å²) >= 11 is 5.34. The molecule has 6 nitrogen and oxygen atoms in total. The van der Waals surface area contributed by atoms with Crippen molar-refractivity contribution in [2.75, 3.05) is 31.5 Å². The van der Waals surface area contributed by atoms with Gasteiger partial charge in [0.2, 0.25) is 5.95 Å². The lowest BCUT2D eigenvalue weighted by atomic mass is 9.63. The quantitative estimate of drug-likeness (QED) is 0.843. The molecule has 0 spiro atoms. The van der Waals surface area contributed by atoms with Crippen LogP contribution in [0.5, 0.6) is 0 Å². The van der Waals surface area contributed by atoms with Gasteiger partial charge >= 0.3 is 0 Å². The van der Waals surface area contributed by atoms with Crippen molar-refractivity contribution in [1.82, 2.24) is 14.9 Å². The molecule has 1 aromatic rings. The Bertz CT molecular complexity index is 633. The Balaban J connectivity index is 2.61. The summed E-state index contributed by atoms with van der Waals surface area (Å²) < 4.78 is 41.8. The fourth-order valence-corrected chi connectivity index (χ4v) is 2.63. The highest BCUT2D eigenvalue weighted by molar-refractivity contribution is 6.25. The lowest BCUT2D eigenvalue weighted by molar-refractivity contribution is -0.219. The number of nitrogens with one attached hydrogen (secondary N) is 1. The Kier molecular flexibility index (Phi) is 3.39. The van der Waals surface area contributed by atoms with Crippen molar-refractivity contribution < 1.29 is 13.2 Å². The number of alkyl halides is 4. The second-order valence-electron chi connectivity index (χ2n) is 5.39. The van der Waals surface area contributed by atoms with Crippen LogP contribution in [0.25, 0.3) is 0 Å². The zero-order valence-electron chi connectivity index (χ0n) is 11.9. The van der Waals surface area contributed by atoms with Gasteiger partial charge in [-0.25, -0.2) is 13.2 Å². The van der Waals surface area contributed by atoms with Crippen molar-refractivity contribution in [1.29, 1.82) is 0 Å². The third-order valence-electron chi connectivity index (χ3n) is 3.72. The van der Waals surface area contributed by atoms with Crippen molar-refractivity contribution in [2.24, 2.45) is 0 Å². The molecule has 0 aromatic carbocycles. The van der Waals surface area contributed by atoms with Gasteiger partial charge in [-0.15, -0.1) is 10.2 Å². The molecule has 0 bridgehead atoms. The number of rotatable bonds is 3. The van der Waals surface area contributed by atoms with Gasteiger partial charge in [0.15, 0.2) is 0 Å². The molecule has 1 aromatic heterocycles. The molecule has 0 radical (unpaired) electrons. The lowest BCUT2D eigenvalue weighted by Gasteiger charge is -2.52. The summed E-state index contributed by atoms with van der Waals surface area (Å²) in [4.78, 5) is 13.9. The Labute approximate surface area is 123 Å². The van der Waals surface area contributed by atoms with Gasteiger partial charge in [0.05, 0.1) is 5.41 Å². The third-order valence-corrected chi connectivity index (χ3v) is 4.41. The van der Waals surface area contributed by atoms with Gasteiger partial charge in [0.25, 0.3) is 16.6 Å². The van der Waals surface area contributed by atoms with E-state index < -0.39 is 34.1 Å². The number of aromatic nitrogens is 3. The molecular formula is C11H15ClF3N5O. The smallest absolute Gasteiger partial charge is 0.297 e. The van der Waals surface area contributed by atoms with Gasteiger partial charge in [-0.2, -0.15) is 4.68 Å². The van der Waals surface area contributed by atoms with E-state index in [0.717, 1.165) is 11.6 Å². The highest BCUT2D eigenvalue weighted by Gasteiger charge is 2.78. The van der Waals surface area contributed by atoms with Crippen LogP contribution in [-0.2, 0) is 5.41 Å². The SMILES string of the molecule is CNn1c(N(C)C)nnc(C2(C)CC(F)(F)C2(F)Cl)c1=O. The molecule has 0 aliphatic heterocycles. The molecule has 21 heavy (non-hydrogen) atoms. The van der Waals surface area contributed by atoms with E-state index in [1.165, 1.54) is 11.9 Å². The van der Waals surface area contributed by atoms with Gasteiger partial charge in [0.1, 0.15) is 5.69 Å². The molecule has 1 N–H and O–H groups in total. The van der Waals surface area contributed by atoms with Crippen LogP contribution in [0.15, 0.2) is 4.79 Å². The van der Waals surface area contributed by atoms with Crippen LogP contribution >= 0.6 is 11.6 Å². The fraction of sp³-hybridized carbons (Fsp3) is 0.727. The van der Waals surface area contributed by atoms with E-state index in [9.17, 15) is 18.0 Å². The average molecular weight is 326 g/mol. The van der Waals surface area contributed by atoms with Crippen LogP contribution < -0.4 is 15.9 Å². The first-order valence-corrected chi connectivity index (χ1v) is 6.48. The summed E-state index contributed by atoms with van der Waals surface area (Å²) in [7, 11) is 4.69. The molecule has 1 aliphatic carbocycles. The summed E-state index contributed by atoms with van der Waals surface area (Å²) in [5, 5.41) is 4.04. The van der Waals surface area contributed by atoms with Crippen molar-refractivity contribution in [3.05, 3.63) is 16.0 Å². The molecule has 1 aliphatic rings. The number of anilines is 1. The molecule has 0 amide bonds. The minimum atomic E-state index is -3.72. The summed E-state index contributed by atoms with van der Waals surface area (Å²) in [6.45, 7) is 1.14. The second kappa shape index (κ2) is 4.49. The summed E-state index contributed by atoms with van der Waals surface area (Å²) in [5.74, 6) is -3.57. The van der Waals surface area contributed by atoms with E-state index >= 15 is 0 Å². The van der Waals surface area contributed by atoms with Gasteiger partial charge < -0.3 is 10.3 Å². The lowest BCUT2D eigenvalue weighted by Crippen LogP contribution is -2.69. The maximum atomic E-state index is 14.2. The Hall–Kier alpha value is -1.51. The van der Waals surface area contributed by atoms with Crippen LogP contribution in [0.2, 0.25) is 0 Å². The van der Waals surface area contributed by atoms with Crippen molar-refractivity contribution >= 4 is 17.5 Å². The molecule has 10 heteroatoms. The maximum Gasteiger partial charge on any atom is 0.297 e. The predicted molar refractivity (Wildman–Crippen MR) is 72.5 cm³/mol. The van der Waals surface area contributed by atoms with Crippen LogP contribution in [0.4, 0.5) is 19.1 Å². The minimum Gasteiger partial charge on any atom is -0.346 e. The molecule has 0 saturated heterocycles. The zero-order chi connectivity index (χ0) is 16.2. The second-order valence-corrected chi connectivity index (χ2v) is 5.92. The summed E-state index contributed by atoms with van der Waals surface area (Å²) in [6, 6.07) is 0. The monoisotopic (exact) mass is 325 g/mol. The average Bonchev–Trinajstić information content (AvgIpc) is 2.36. The topological polar surface area (TPSA) is 63.1 Å². The van der Waals surface area contributed by atoms with Crippen molar-refractivity contribution in [3.8, 4) is 0 Å².